The summed E-state index contributed by atoms with van der Waals surface area (Å²) in [6.45, 7) is 8.46. The topological polar surface area (TPSA) is 15.3 Å². The monoisotopic (exact) mass is 280 g/mol. The van der Waals surface area contributed by atoms with Crippen LogP contribution in [0, 0.1) is 5.92 Å². The number of rotatable bonds is 7. The summed E-state index contributed by atoms with van der Waals surface area (Å²) < 4.78 is 0. The van der Waals surface area contributed by atoms with E-state index >= 15 is 0 Å². The lowest BCUT2D eigenvalue weighted by atomic mass is 9.83. The zero-order chi connectivity index (χ0) is 14.2. The molecule has 20 heavy (non-hydrogen) atoms. The van der Waals surface area contributed by atoms with Gasteiger partial charge in [0.05, 0.1) is 0 Å². The smallest absolute Gasteiger partial charge is 0.0249 e. The lowest BCUT2D eigenvalue weighted by molar-refractivity contribution is 0.0983. The second-order valence-corrected chi connectivity index (χ2v) is 7.00. The van der Waals surface area contributed by atoms with Gasteiger partial charge in [-0.25, -0.2) is 0 Å². The van der Waals surface area contributed by atoms with Crippen molar-refractivity contribution in [2.45, 2.75) is 90.1 Å². The van der Waals surface area contributed by atoms with Gasteiger partial charge in [-0.15, -0.1) is 0 Å². The van der Waals surface area contributed by atoms with E-state index in [-0.39, 0.29) is 0 Å². The first kappa shape index (κ1) is 16.3. The highest BCUT2D eigenvalue weighted by Crippen LogP contribution is 2.30. The first-order chi connectivity index (χ1) is 9.85. The van der Waals surface area contributed by atoms with Crippen molar-refractivity contribution in [1.29, 1.82) is 0 Å². The third-order valence-corrected chi connectivity index (χ3v) is 5.48. The molecular weight excluding hydrogens is 244 g/mol. The Balaban J connectivity index is 1.94. The maximum absolute atomic E-state index is 3.87. The van der Waals surface area contributed by atoms with E-state index in [4.69, 9.17) is 0 Å². The van der Waals surface area contributed by atoms with E-state index in [0.717, 1.165) is 18.0 Å². The van der Waals surface area contributed by atoms with Gasteiger partial charge in [-0.2, -0.15) is 0 Å². The molecule has 0 bridgehead atoms. The summed E-state index contributed by atoms with van der Waals surface area (Å²) in [5.74, 6) is 1.01. The van der Waals surface area contributed by atoms with Crippen LogP contribution in [-0.4, -0.2) is 36.6 Å². The van der Waals surface area contributed by atoms with Gasteiger partial charge in [0.2, 0.25) is 0 Å². The third kappa shape index (κ3) is 4.73. The number of nitrogens with one attached hydrogen (secondary N) is 1. The minimum atomic E-state index is 0.746. The molecule has 2 aliphatic carbocycles. The van der Waals surface area contributed by atoms with Crippen LogP contribution in [0.5, 0.6) is 0 Å². The Morgan fingerprint density at radius 1 is 0.900 bits per heavy atom. The molecule has 2 nitrogen and oxygen atoms in total. The van der Waals surface area contributed by atoms with Crippen LogP contribution in [0.25, 0.3) is 0 Å². The molecule has 0 aromatic carbocycles. The van der Waals surface area contributed by atoms with E-state index in [1.807, 2.05) is 0 Å². The summed E-state index contributed by atoms with van der Waals surface area (Å²) >= 11 is 0. The Kier molecular flexibility index (Phi) is 7.37. The maximum Gasteiger partial charge on any atom is 0.0249 e. The van der Waals surface area contributed by atoms with E-state index in [1.54, 1.807) is 0 Å². The second-order valence-electron chi connectivity index (χ2n) is 7.00. The zero-order valence-corrected chi connectivity index (χ0v) is 13.9. The van der Waals surface area contributed by atoms with Crippen molar-refractivity contribution in [3.8, 4) is 0 Å². The van der Waals surface area contributed by atoms with Gasteiger partial charge in [0.25, 0.3) is 0 Å². The van der Waals surface area contributed by atoms with Gasteiger partial charge < -0.3 is 5.32 Å². The van der Waals surface area contributed by atoms with Crippen molar-refractivity contribution in [1.82, 2.24) is 10.2 Å². The van der Waals surface area contributed by atoms with Crippen molar-refractivity contribution in [2.24, 2.45) is 5.92 Å². The van der Waals surface area contributed by atoms with Crippen LogP contribution in [0.2, 0.25) is 0 Å². The van der Waals surface area contributed by atoms with Crippen molar-refractivity contribution in [3.05, 3.63) is 0 Å². The first-order valence-electron chi connectivity index (χ1n) is 9.32. The molecule has 0 saturated heterocycles. The Morgan fingerprint density at radius 3 is 2.25 bits per heavy atom. The van der Waals surface area contributed by atoms with E-state index in [1.165, 1.54) is 83.8 Å². The molecule has 2 saturated carbocycles. The Bertz CT molecular complexity index is 246. The predicted molar refractivity (Wildman–Crippen MR) is 88.2 cm³/mol. The van der Waals surface area contributed by atoms with E-state index < -0.39 is 0 Å². The second kappa shape index (κ2) is 9.04. The molecule has 0 radical (unpaired) electrons. The van der Waals surface area contributed by atoms with Crippen LogP contribution in [0.3, 0.4) is 0 Å². The quantitative estimate of drug-likeness (QED) is 0.752. The van der Waals surface area contributed by atoms with Gasteiger partial charge >= 0.3 is 0 Å². The van der Waals surface area contributed by atoms with Gasteiger partial charge in [-0.1, -0.05) is 46.0 Å². The van der Waals surface area contributed by atoms with Crippen LogP contribution in [0.15, 0.2) is 0 Å². The Labute approximate surface area is 126 Å². The van der Waals surface area contributed by atoms with E-state index in [0.29, 0.717) is 0 Å². The number of likely N-dealkylation sites (N-methyl/N-ethyl adjacent to an activating group) is 1. The lowest BCUT2D eigenvalue weighted by Gasteiger charge is -2.41. The number of hydrogen-bond donors (Lipinski definition) is 1. The van der Waals surface area contributed by atoms with E-state index in [2.05, 4.69) is 24.1 Å². The summed E-state index contributed by atoms with van der Waals surface area (Å²) in [7, 11) is 0. The van der Waals surface area contributed by atoms with Gasteiger partial charge in [0, 0.05) is 18.6 Å². The van der Waals surface area contributed by atoms with Gasteiger partial charge in [-0.05, 0) is 51.1 Å². The molecular formula is C18H36N2. The average Bonchev–Trinajstić information content (AvgIpc) is 2.38. The molecule has 1 N–H and O–H groups in total. The van der Waals surface area contributed by atoms with Crippen LogP contribution in [0.4, 0.5) is 0 Å². The van der Waals surface area contributed by atoms with Crippen molar-refractivity contribution in [2.75, 3.05) is 19.6 Å². The van der Waals surface area contributed by atoms with E-state index in [9.17, 15) is 0 Å². The highest BCUT2D eigenvalue weighted by Gasteiger charge is 2.29. The summed E-state index contributed by atoms with van der Waals surface area (Å²) in [5.41, 5.74) is 0. The molecule has 0 heterocycles. The summed E-state index contributed by atoms with van der Waals surface area (Å²) in [4.78, 5) is 2.82. The van der Waals surface area contributed by atoms with Crippen LogP contribution in [0.1, 0.15) is 78.1 Å². The Morgan fingerprint density at radius 2 is 1.65 bits per heavy atom. The highest BCUT2D eigenvalue weighted by atomic mass is 15.2. The van der Waals surface area contributed by atoms with Gasteiger partial charge in [-0.3, -0.25) is 4.90 Å². The van der Waals surface area contributed by atoms with Crippen LogP contribution < -0.4 is 5.32 Å². The SMILES string of the molecule is CCCNC1CCCCCCC1N(CC)CC1CCC1. The molecule has 0 spiro atoms. The molecule has 2 heteroatoms. The lowest BCUT2D eigenvalue weighted by Crippen LogP contribution is -2.52. The average molecular weight is 280 g/mol. The summed E-state index contributed by atoms with van der Waals surface area (Å²) in [6, 6.07) is 1.54. The Hall–Kier alpha value is -0.0800. The first-order valence-corrected chi connectivity index (χ1v) is 9.32. The highest BCUT2D eigenvalue weighted by molar-refractivity contribution is 4.87. The van der Waals surface area contributed by atoms with Crippen LogP contribution in [-0.2, 0) is 0 Å². The molecule has 118 valence electrons. The standard InChI is InChI=1S/C18H36N2/c1-3-14-19-17-12-7-5-6-8-13-18(17)20(4-2)15-16-10-9-11-16/h16-19H,3-15H2,1-2H3. The van der Waals surface area contributed by atoms with Gasteiger partial charge in [0.15, 0.2) is 0 Å². The predicted octanol–water partition coefficient (Wildman–Crippen LogP) is 4.20. The molecule has 0 aliphatic heterocycles. The normalized spacial score (nSPS) is 28.9. The minimum absolute atomic E-state index is 0.746. The minimum Gasteiger partial charge on any atom is -0.312 e. The fraction of sp³-hybridized carbons (Fsp3) is 1.00. The number of hydrogen-bond acceptors (Lipinski definition) is 2. The summed E-state index contributed by atoms with van der Waals surface area (Å²) in [5, 5.41) is 3.87. The number of nitrogens with zero attached hydrogens (tertiary/aromatic N) is 1. The fourth-order valence-corrected chi connectivity index (χ4v) is 3.98. The molecule has 0 aromatic rings. The third-order valence-electron chi connectivity index (χ3n) is 5.48. The molecule has 2 fully saturated rings. The van der Waals surface area contributed by atoms with Crippen molar-refractivity contribution in [3.63, 3.8) is 0 Å². The molecule has 2 atom stereocenters. The molecule has 2 unspecified atom stereocenters. The molecule has 2 rings (SSSR count). The van der Waals surface area contributed by atoms with Gasteiger partial charge in [0.1, 0.15) is 0 Å². The zero-order valence-electron chi connectivity index (χ0n) is 13.9. The van der Waals surface area contributed by atoms with Crippen molar-refractivity contribution < 1.29 is 0 Å². The van der Waals surface area contributed by atoms with Crippen LogP contribution >= 0.6 is 0 Å². The molecule has 0 aromatic heterocycles. The largest absolute Gasteiger partial charge is 0.312 e. The van der Waals surface area contributed by atoms with Crippen molar-refractivity contribution >= 4 is 0 Å². The molecule has 2 aliphatic rings. The fourth-order valence-electron chi connectivity index (χ4n) is 3.98. The summed E-state index contributed by atoms with van der Waals surface area (Å²) in [6.07, 6.45) is 14.3. The maximum atomic E-state index is 3.87. The molecule has 0 amide bonds.